The van der Waals surface area contributed by atoms with E-state index in [4.69, 9.17) is 16.3 Å². The number of fused-ring (bicyclic) bond motifs is 1. The van der Waals surface area contributed by atoms with Gasteiger partial charge < -0.3 is 10.1 Å². The van der Waals surface area contributed by atoms with Gasteiger partial charge in [-0.15, -0.1) is 0 Å². The quantitative estimate of drug-likeness (QED) is 0.253. The molecule has 0 unspecified atom stereocenters. The Balaban J connectivity index is 1.22. The highest BCUT2D eigenvalue weighted by Gasteiger charge is 2.35. The van der Waals surface area contributed by atoms with Crippen LogP contribution in [0.4, 0.5) is 10.5 Å². The zero-order chi connectivity index (χ0) is 26.6. The average Bonchev–Trinajstić information content (AvgIpc) is 3.15. The second-order valence-electron chi connectivity index (χ2n) is 8.85. The largest absolute Gasteiger partial charge is 0.482 e. The minimum atomic E-state index is -0.350. The normalized spacial score (nSPS) is 14.4. The minimum Gasteiger partial charge on any atom is -0.482 e. The Morgan fingerprint density at radius 3 is 2.58 bits per heavy atom. The van der Waals surface area contributed by atoms with E-state index < -0.39 is 0 Å². The van der Waals surface area contributed by atoms with Gasteiger partial charge in [0, 0.05) is 5.69 Å². The molecule has 1 N–H and O–H groups in total. The molecule has 1 fully saturated rings. The maximum absolute atomic E-state index is 13.0. The van der Waals surface area contributed by atoms with E-state index in [1.807, 2.05) is 67.6 Å². The average molecular weight is 543 g/mol. The molecule has 6 nitrogen and oxygen atoms in total. The molecule has 38 heavy (non-hydrogen) atoms. The van der Waals surface area contributed by atoms with Crippen molar-refractivity contribution in [2.24, 2.45) is 0 Å². The second kappa shape index (κ2) is 11.1. The molecule has 0 aromatic heterocycles. The lowest BCUT2D eigenvalue weighted by Crippen LogP contribution is -2.27. The molecule has 190 valence electrons. The lowest BCUT2D eigenvalue weighted by molar-refractivity contribution is -0.123. The molecule has 0 aliphatic carbocycles. The molecule has 3 amide bonds. The summed E-state index contributed by atoms with van der Waals surface area (Å²) in [6.07, 6.45) is 1.63. The molecular formula is C30H23ClN2O4S. The molecule has 4 aromatic rings. The number of carbonyl (C=O) groups is 3. The molecule has 0 spiro atoms. The molecule has 0 saturated carbocycles. The van der Waals surface area contributed by atoms with Gasteiger partial charge in [0.25, 0.3) is 17.1 Å². The van der Waals surface area contributed by atoms with Gasteiger partial charge in [-0.3, -0.25) is 19.3 Å². The highest BCUT2D eigenvalue weighted by atomic mass is 35.5. The molecule has 0 bridgehead atoms. The van der Waals surface area contributed by atoms with Crippen LogP contribution in [0.2, 0.25) is 5.02 Å². The van der Waals surface area contributed by atoms with Gasteiger partial charge in [0.05, 0.1) is 16.5 Å². The molecule has 1 aliphatic heterocycles. The van der Waals surface area contributed by atoms with Crippen molar-refractivity contribution in [1.82, 2.24) is 4.90 Å². The van der Waals surface area contributed by atoms with Gasteiger partial charge in [-0.1, -0.05) is 66.2 Å². The summed E-state index contributed by atoms with van der Waals surface area (Å²) in [5.74, 6) is -0.319. The van der Waals surface area contributed by atoms with Crippen LogP contribution in [0.1, 0.15) is 16.7 Å². The second-order valence-corrected chi connectivity index (χ2v) is 10.2. The van der Waals surface area contributed by atoms with Gasteiger partial charge >= 0.3 is 0 Å². The third-order valence-corrected chi connectivity index (χ3v) is 7.15. The molecule has 5 rings (SSSR count). The summed E-state index contributed by atoms with van der Waals surface area (Å²) in [5.41, 5.74) is 3.24. The molecule has 1 aliphatic rings. The smallest absolute Gasteiger partial charge is 0.293 e. The minimum absolute atomic E-state index is 0.199. The summed E-state index contributed by atoms with van der Waals surface area (Å²) < 4.78 is 5.58. The van der Waals surface area contributed by atoms with Crippen LogP contribution in [-0.2, 0) is 16.1 Å². The first-order valence-corrected chi connectivity index (χ1v) is 13.1. The Morgan fingerprint density at radius 2 is 1.79 bits per heavy atom. The van der Waals surface area contributed by atoms with Crippen LogP contribution in [0, 0.1) is 6.92 Å². The first kappa shape index (κ1) is 25.6. The lowest BCUT2D eigenvalue weighted by atomic mass is 10.1. The summed E-state index contributed by atoms with van der Waals surface area (Å²) in [5, 5.41) is 4.90. The Labute approximate surface area is 229 Å². The van der Waals surface area contributed by atoms with Crippen LogP contribution >= 0.6 is 23.4 Å². The van der Waals surface area contributed by atoms with Crippen molar-refractivity contribution in [3.63, 3.8) is 0 Å². The number of benzene rings is 4. The molecule has 1 heterocycles. The molecule has 0 radical (unpaired) electrons. The zero-order valence-corrected chi connectivity index (χ0v) is 22.0. The zero-order valence-electron chi connectivity index (χ0n) is 20.4. The van der Waals surface area contributed by atoms with Gasteiger partial charge in [-0.05, 0) is 82.6 Å². The highest BCUT2D eigenvalue weighted by Crippen LogP contribution is 2.35. The number of hydrogen-bond acceptors (Lipinski definition) is 5. The van der Waals surface area contributed by atoms with Gasteiger partial charge in [0.15, 0.2) is 6.61 Å². The maximum atomic E-state index is 13.0. The highest BCUT2D eigenvalue weighted by molar-refractivity contribution is 8.18. The van der Waals surface area contributed by atoms with Crippen molar-refractivity contribution in [3.05, 3.63) is 112 Å². The van der Waals surface area contributed by atoms with Crippen LogP contribution in [0.15, 0.2) is 89.8 Å². The molecule has 8 heteroatoms. The Morgan fingerprint density at radius 1 is 0.974 bits per heavy atom. The van der Waals surface area contributed by atoms with Gasteiger partial charge in [0.1, 0.15) is 5.75 Å². The number of amides is 3. The first-order chi connectivity index (χ1) is 18.4. The van der Waals surface area contributed by atoms with Crippen molar-refractivity contribution in [2.45, 2.75) is 13.5 Å². The van der Waals surface area contributed by atoms with Crippen LogP contribution < -0.4 is 10.1 Å². The number of aryl methyl sites for hydroxylation is 1. The van der Waals surface area contributed by atoms with E-state index in [0.717, 1.165) is 33.7 Å². The Bertz CT molecular complexity index is 1600. The van der Waals surface area contributed by atoms with E-state index >= 15 is 0 Å². The summed E-state index contributed by atoms with van der Waals surface area (Å²) >= 11 is 7.27. The SMILES string of the molecule is Cc1cccc(NC(=O)COc2ccc(/C=C3\SC(=O)N(Cc4ccc5ccccc5c4)C3=O)cc2Cl)c1. The van der Waals surface area contributed by atoms with Crippen LogP contribution in [0.5, 0.6) is 5.75 Å². The summed E-state index contributed by atoms with van der Waals surface area (Å²) in [7, 11) is 0. The number of thioether (sulfide) groups is 1. The van der Waals surface area contributed by atoms with E-state index in [1.54, 1.807) is 30.3 Å². The molecular weight excluding hydrogens is 520 g/mol. The van der Waals surface area contributed by atoms with Gasteiger partial charge in [0.2, 0.25) is 0 Å². The fourth-order valence-electron chi connectivity index (χ4n) is 4.09. The Kier molecular flexibility index (Phi) is 7.49. The number of anilines is 1. The Hall–Kier alpha value is -4.07. The monoisotopic (exact) mass is 542 g/mol. The number of nitrogens with zero attached hydrogens (tertiary/aromatic N) is 1. The summed E-state index contributed by atoms with van der Waals surface area (Å²) in [4.78, 5) is 39.4. The number of halogens is 1. The molecule has 0 atom stereocenters. The van der Waals surface area contributed by atoms with Crippen molar-refractivity contribution in [2.75, 3.05) is 11.9 Å². The number of rotatable bonds is 7. The number of ether oxygens (including phenoxy) is 1. The van der Waals surface area contributed by atoms with E-state index in [1.165, 1.54) is 4.90 Å². The predicted octanol–water partition coefficient (Wildman–Crippen LogP) is 7.06. The van der Waals surface area contributed by atoms with Crippen LogP contribution in [0.3, 0.4) is 0 Å². The first-order valence-electron chi connectivity index (χ1n) is 11.9. The van der Waals surface area contributed by atoms with E-state index in [2.05, 4.69) is 5.32 Å². The lowest BCUT2D eigenvalue weighted by Gasteiger charge is -2.13. The van der Waals surface area contributed by atoms with Crippen molar-refractivity contribution >= 4 is 63.0 Å². The number of imide groups is 1. The van der Waals surface area contributed by atoms with Crippen LogP contribution in [-0.4, -0.2) is 28.6 Å². The molecule has 1 saturated heterocycles. The topological polar surface area (TPSA) is 75.7 Å². The predicted molar refractivity (Wildman–Crippen MR) is 152 cm³/mol. The van der Waals surface area contributed by atoms with Crippen LogP contribution in [0.25, 0.3) is 16.8 Å². The van der Waals surface area contributed by atoms with Crippen molar-refractivity contribution in [3.8, 4) is 5.75 Å². The maximum Gasteiger partial charge on any atom is 0.293 e. The fraction of sp³-hybridized carbons (Fsp3) is 0.100. The van der Waals surface area contributed by atoms with Crippen molar-refractivity contribution < 1.29 is 19.1 Å². The van der Waals surface area contributed by atoms with E-state index in [0.29, 0.717) is 21.9 Å². The third-order valence-electron chi connectivity index (χ3n) is 5.94. The summed E-state index contributed by atoms with van der Waals surface area (Å²) in [6.45, 7) is 1.93. The number of nitrogens with one attached hydrogen (secondary N) is 1. The van der Waals surface area contributed by atoms with Gasteiger partial charge in [-0.25, -0.2) is 0 Å². The number of carbonyl (C=O) groups excluding carboxylic acids is 3. The van der Waals surface area contributed by atoms with E-state index in [-0.39, 0.29) is 35.2 Å². The summed E-state index contributed by atoms with van der Waals surface area (Å²) in [6, 6.07) is 26.3. The molecule has 4 aromatic carbocycles. The number of hydrogen-bond donors (Lipinski definition) is 1. The van der Waals surface area contributed by atoms with E-state index in [9.17, 15) is 14.4 Å². The van der Waals surface area contributed by atoms with Crippen molar-refractivity contribution in [1.29, 1.82) is 0 Å². The van der Waals surface area contributed by atoms with Gasteiger partial charge in [-0.2, -0.15) is 0 Å². The fourth-order valence-corrected chi connectivity index (χ4v) is 5.18. The standard InChI is InChI=1S/C30H23ClN2O4S/c1-19-5-4-8-24(13-19)32-28(34)18-37-26-12-10-20(15-25(26)31)16-27-29(35)33(30(36)38-27)17-21-9-11-22-6-2-3-7-23(22)14-21/h2-16H,17-18H2,1H3,(H,32,34)/b27-16-. The third kappa shape index (κ3) is 5.90.